The summed E-state index contributed by atoms with van der Waals surface area (Å²) in [5.41, 5.74) is 6.35. The molecule has 4 nitrogen and oxygen atoms in total. The Labute approximate surface area is 145 Å². The fraction of sp³-hybridized carbons (Fsp3) is 0.0714. The van der Waals surface area contributed by atoms with Gasteiger partial charge in [-0.1, -0.05) is 29.3 Å². The zero-order chi connectivity index (χ0) is 15.4. The zero-order valence-electron chi connectivity index (χ0n) is 10.7. The molecule has 0 aliphatic rings. The van der Waals surface area contributed by atoms with E-state index in [0.717, 1.165) is 3.57 Å². The molecule has 1 amide bonds. The smallest absolute Gasteiger partial charge is 0.262 e. The van der Waals surface area contributed by atoms with Gasteiger partial charge in [-0.25, -0.2) is 0 Å². The molecule has 0 atom stereocenters. The number of anilines is 2. The number of amides is 1. The van der Waals surface area contributed by atoms with Crippen molar-refractivity contribution in [2.75, 3.05) is 17.7 Å². The molecule has 110 valence electrons. The lowest BCUT2D eigenvalue weighted by atomic mass is 10.3. The quantitative estimate of drug-likeness (QED) is 0.557. The van der Waals surface area contributed by atoms with Crippen LogP contribution in [0.5, 0.6) is 5.75 Å². The lowest BCUT2D eigenvalue weighted by Gasteiger charge is -2.11. The summed E-state index contributed by atoms with van der Waals surface area (Å²) in [6, 6.07) is 10.4. The molecular formula is C14H11Cl2IN2O2. The highest BCUT2D eigenvalue weighted by Crippen LogP contribution is 2.32. The van der Waals surface area contributed by atoms with Crippen molar-refractivity contribution in [3.8, 4) is 5.75 Å². The second-order valence-corrected chi connectivity index (χ2v) is 6.21. The Morgan fingerprint density at radius 2 is 1.90 bits per heavy atom. The van der Waals surface area contributed by atoms with Gasteiger partial charge in [0.05, 0.1) is 15.7 Å². The Morgan fingerprint density at radius 3 is 2.52 bits per heavy atom. The Morgan fingerprint density at radius 1 is 1.24 bits per heavy atom. The van der Waals surface area contributed by atoms with Crippen LogP contribution in [0.15, 0.2) is 36.4 Å². The standard InChI is InChI=1S/C14H11Cl2IN2O2/c15-11-5-9(18)6-12(16)14(11)19-13(20)7-21-10-3-1-2-8(17)4-10/h1-6H,7,18H2,(H,19,20). The molecule has 0 aliphatic carbocycles. The number of hydrogen-bond acceptors (Lipinski definition) is 3. The molecule has 0 aliphatic heterocycles. The fourth-order valence-corrected chi connectivity index (χ4v) is 2.71. The third-order valence-electron chi connectivity index (χ3n) is 2.49. The van der Waals surface area contributed by atoms with Gasteiger partial charge >= 0.3 is 0 Å². The number of rotatable bonds is 4. The van der Waals surface area contributed by atoms with Crippen LogP contribution in [0, 0.1) is 3.57 Å². The highest BCUT2D eigenvalue weighted by Gasteiger charge is 2.11. The van der Waals surface area contributed by atoms with Gasteiger partial charge in [-0.15, -0.1) is 0 Å². The lowest BCUT2D eigenvalue weighted by molar-refractivity contribution is -0.118. The first-order chi connectivity index (χ1) is 9.95. The van der Waals surface area contributed by atoms with Crippen LogP contribution in [0.25, 0.3) is 0 Å². The minimum Gasteiger partial charge on any atom is -0.484 e. The molecule has 0 fully saturated rings. The van der Waals surface area contributed by atoms with Gasteiger partial charge in [0, 0.05) is 9.26 Å². The van der Waals surface area contributed by atoms with Crippen molar-refractivity contribution < 1.29 is 9.53 Å². The lowest BCUT2D eigenvalue weighted by Crippen LogP contribution is -2.20. The first-order valence-electron chi connectivity index (χ1n) is 5.88. The van der Waals surface area contributed by atoms with E-state index in [4.69, 9.17) is 33.7 Å². The van der Waals surface area contributed by atoms with E-state index in [0.29, 0.717) is 17.1 Å². The molecule has 0 heterocycles. The third-order valence-corrected chi connectivity index (χ3v) is 3.76. The van der Waals surface area contributed by atoms with Gasteiger partial charge in [-0.05, 0) is 52.9 Å². The van der Waals surface area contributed by atoms with Crippen molar-refractivity contribution in [2.45, 2.75) is 0 Å². The third kappa shape index (κ3) is 4.66. The van der Waals surface area contributed by atoms with Crippen molar-refractivity contribution in [3.63, 3.8) is 0 Å². The minimum absolute atomic E-state index is 0.142. The summed E-state index contributed by atoms with van der Waals surface area (Å²) in [7, 11) is 0. The van der Waals surface area contributed by atoms with Crippen molar-refractivity contribution in [1.29, 1.82) is 0 Å². The van der Waals surface area contributed by atoms with Gasteiger partial charge in [0.25, 0.3) is 5.91 Å². The van der Waals surface area contributed by atoms with Gasteiger partial charge < -0.3 is 15.8 Å². The Kier molecular flexibility index (Phi) is 5.55. The van der Waals surface area contributed by atoms with E-state index in [2.05, 4.69) is 27.9 Å². The van der Waals surface area contributed by atoms with Crippen molar-refractivity contribution in [3.05, 3.63) is 50.0 Å². The predicted molar refractivity (Wildman–Crippen MR) is 94.2 cm³/mol. The molecule has 21 heavy (non-hydrogen) atoms. The molecule has 0 saturated heterocycles. The van der Waals surface area contributed by atoms with Crippen molar-refractivity contribution in [2.24, 2.45) is 0 Å². The summed E-state index contributed by atoms with van der Waals surface area (Å²) in [5, 5.41) is 3.17. The highest BCUT2D eigenvalue weighted by atomic mass is 127. The van der Waals surface area contributed by atoms with E-state index >= 15 is 0 Å². The first kappa shape index (κ1) is 16.2. The molecule has 0 unspecified atom stereocenters. The van der Waals surface area contributed by atoms with E-state index in [1.54, 1.807) is 6.07 Å². The van der Waals surface area contributed by atoms with Crippen LogP contribution in [0.1, 0.15) is 0 Å². The molecule has 0 radical (unpaired) electrons. The molecule has 0 spiro atoms. The van der Waals surface area contributed by atoms with Gasteiger partial charge in [0.1, 0.15) is 5.75 Å². The summed E-state index contributed by atoms with van der Waals surface area (Å²) >= 11 is 14.2. The van der Waals surface area contributed by atoms with Gasteiger partial charge in [0.15, 0.2) is 6.61 Å². The largest absolute Gasteiger partial charge is 0.484 e. The first-order valence-corrected chi connectivity index (χ1v) is 7.72. The van der Waals surface area contributed by atoms with Crippen molar-refractivity contribution in [1.82, 2.24) is 0 Å². The summed E-state index contributed by atoms with van der Waals surface area (Å²) in [6.45, 7) is -0.142. The molecule has 3 N–H and O–H groups in total. The zero-order valence-corrected chi connectivity index (χ0v) is 14.4. The van der Waals surface area contributed by atoms with Crippen LogP contribution in [0.2, 0.25) is 10.0 Å². The Balaban J connectivity index is 1.99. The maximum atomic E-state index is 11.9. The Hall–Kier alpha value is -1.18. The summed E-state index contributed by atoms with van der Waals surface area (Å²) in [5.74, 6) is 0.258. The van der Waals surface area contributed by atoms with Crippen LogP contribution in [-0.4, -0.2) is 12.5 Å². The number of nitrogens with two attached hydrogens (primary N) is 1. The van der Waals surface area contributed by atoms with E-state index in [1.165, 1.54) is 12.1 Å². The maximum Gasteiger partial charge on any atom is 0.262 e. The molecule has 0 aromatic heterocycles. The van der Waals surface area contributed by atoms with Crippen LogP contribution >= 0.6 is 45.8 Å². The number of nitrogens with one attached hydrogen (secondary N) is 1. The molecule has 0 saturated carbocycles. The van der Waals surface area contributed by atoms with Crippen molar-refractivity contribution >= 4 is 63.1 Å². The van der Waals surface area contributed by atoms with E-state index in [1.807, 2.05) is 18.2 Å². The number of ether oxygens (including phenoxy) is 1. The second-order valence-electron chi connectivity index (χ2n) is 4.15. The number of benzene rings is 2. The van der Waals surface area contributed by atoms with Gasteiger partial charge in [0.2, 0.25) is 0 Å². The van der Waals surface area contributed by atoms with Crippen LogP contribution in [0.3, 0.4) is 0 Å². The minimum atomic E-state index is -0.359. The molecule has 2 aromatic rings. The highest BCUT2D eigenvalue weighted by molar-refractivity contribution is 14.1. The molecule has 2 aromatic carbocycles. The van der Waals surface area contributed by atoms with Gasteiger partial charge in [-0.3, -0.25) is 4.79 Å². The summed E-state index contributed by atoms with van der Waals surface area (Å²) in [6.07, 6.45) is 0. The van der Waals surface area contributed by atoms with E-state index in [9.17, 15) is 4.79 Å². The monoisotopic (exact) mass is 436 g/mol. The maximum absolute atomic E-state index is 11.9. The van der Waals surface area contributed by atoms with Gasteiger partial charge in [-0.2, -0.15) is 0 Å². The van der Waals surface area contributed by atoms with Crippen LogP contribution < -0.4 is 15.8 Å². The van der Waals surface area contributed by atoms with Crippen LogP contribution in [-0.2, 0) is 4.79 Å². The Bertz CT molecular complexity index is 657. The van der Waals surface area contributed by atoms with E-state index < -0.39 is 0 Å². The SMILES string of the molecule is Nc1cc(Cl)c(NC(=O)COc2cccc(I)c2)c(Cl)c1. The van der Waals surface area contributed by atoms with Crippen LogP contribution in [0.4, 0.5) is 11.4 Å². The fourth-order valence-electron chi connectivity index (χ4n) is 1.59. The number of nitrogen functional groups attached to an aromatic ring is 1. The number of carbonyl (C=O) groups excluding carboxylic acids is 1. The van der Waals surface area contributed by atoms with E-state index in [-0.39, 0.29) is 22.6 Å². The summed E-state index contributed by atoms with van der Waals surface area (Å²) in [4.78, 5) is 11.9. The average molecular weight is 437 g/mol. The molecule has 2 rings (SSSR count). The number of halogens is 3. The molecule has 7 heteroatoms. The normalized spacial score (nSPS) is 10.2. The molecule has 0 bridgehead atoms. The summed E-state index contributed by atoms with van der Waals surface area (Å²) < 4.78 is 6.42. The number of hydrogen-bond donors (Lipinski definition) is 2. The predicted octanol–water partition coefficient (Wildman–Crippen LogP) is 4.20. The number of carbonyl (C=O) groups is 1. The topological polar surface area (TPSA) is 64.3 Å². The average Bonchev–Trinajstić information content (AvgIpc) is 2.40. The molecular weight excluding hydrogens is 426 g/mol. The second kappa shape index (κ2) is 7.20.